The molecule has 0 radical (unpaired) electrons. The summed E-state index contributed by atoms with van der Waals surface area (Å²) in [5, 5.41) is 3.70. The molecule has 3 aliphatic carbocycles. The summed E-state index contributed by atoms with van der Waals surface area (Å²) >= 11 is 5.47. The van der Waals surface area contributed by atoms with Crippen molar-refractivity contribution in [2.24, 2.45) is 28.6 Å². The smallest absolute Gasteiger partial charge is 0.0972 e. The van der Waals surface area contributed by atoms with Crippen LogP contribution in [0.1, 0.15) is 65.2 Å². The van der Waals surface area contributed by atoms with Crippen molar-refractivity contribution in [2.75, 3.05) is 6.61 Å². The zero-order valence-corrected chi connectivity index (χ0v) is 14.8. The van der Waals surface area contributed by atoms with Crippen molar-refractivity contribution in [1.82, 2.24) is 5.32 Å². The van der Waals surface area contributed by atoms with E-state index in [1.54, 1.807) is 0 Å². The maximum Gasteiger partial charge on any atom is 0.0972 e. The van der Waals surface area contributed by atoms with Crippen LogP contribution < -0.4 is 5.32 Å². The summed E-state index contributed by atoms with van der Waals surface area (Å²) in [7, 11) is 0. The normalized spacial score (nSPS) is 59.5. The quantitative estimate of drug-likeness (QED) is 0.538. The predicted molar refractivity (Wildman–Crippen MR) is 91.8 cm³/mol. The third-order valence-electron chi connectivity index (χ3n) is 8.88. The minimum absolute atomic E-state index is 0.298. The molecule has 2 saturated heterocycles. The first-order valence-electron chi connectivity index (χ1n) is 9.42. The van der Waals surface area contributed by atoms with Gasteiger partial charge >= 0.3 is 0 Å². The Morgan fingerprint density at radius 2 is 1.82 bits per heavy atom. The number of hydrogen-bond donors (Lipinski definition) is 1. The van der Waals surface area contributed by atoms with Crippen LogP contribution >= 0.6 is 12.2 Å². The van der Waals surface area contributed by atoms with E-state index in [0.717, 1.165) is 35.8 Å². The van der Waals surface area contributed by atoms with Crippen molar-refractivity contribution in [3.8, 4) is 0 Å². The molecule has 5 aliphatic rings. The fraction of sp³-hybridized carbons (Fsp3) is 0.947. The maximum atomic E-state index is 6.03. The third kappa shape index (κ3) is 1.58. The molecule has 0 aromatic rings. The molecule has 5 rings (SSSR count). The molecular formula is C19H29NOS. The Morgan fingerprint density at radius 3 is 2.59 bits per heavy atom. The fourth-order valence-electron chi connectivity index (χ4n) is 7.36. The topological polar surface area (TPSA) is 24.6 Å². The first kappa shape index (κ1) is 14.2. The van der Waals surface area contributed by atoms with E-state index in [0.29, 0.717) is 22.5 Å². The molecule has 1 spiro atoms. The Balaban J connectivity index is 1.47. The van der Waals surface area contributed by atoms with Crippen LogP contribution in [0.3, 0.4) is 0 Å². The highest BCUT2D eigenvalue weighted by Crippen LogP contribution is 2.70. The highest BCUT2D eigenvalue weighted by atomic mass is 32.1. The molecule has 122 valence electrons. The molecular weight excluding hydrogens is 290 g/mol. The number of ether oxygens (including phenoxy) is 1. The maximum absolute atomic E-state index is 6.03. The molecule has 5 fully saturated rings. The lowest BCUT2D eigenvalue weighted by Gasteiger charge is -2.60. The Labute approximate surface area is 139 Å². The lowest BCUT2D eigenvalue weighted by molar-refractivity contribution is -0.0896. The van der Waals surface area contributed by atoms with Crippen molar-refractivity contribution in [3.05, 3.63) is 0 Å². The van der Waals surface area contributed by atoms with Crippen LogP contribution in [0, 0.1) is 28.6 Å². The summed E-state index contributed by atoms with van der Waals surface area (Å²) in [4.78, 5) is 1.12. The van der Waals surface area contributed by atoms with Crippen LogP contribution in [-0.4, -0.2) is 23.2 Å². The van der Waals surface area contributed by atoms with E-state index < -0.39 is 0 Å². The van der Waals surface area contributed by atoms with Gasteiger partial charge < -0.3 is 10.1 Å². The molecule has 7 unspecified atom stereocenters. The van der Waals surface area contributed by atoms with Crippen molar-refractivity contribution >= 4 is 17.2 Å². The molecule has 0 aromatic heterocycles. The van der Waals surface area contributed by atoms with E-state index >= 15 is 0 Å². The van der Waals surface area contributed by atoms with E-state index in [4.69, 9.17) is 17.0 Å². The molecule has 2 aliphatic heterocycles. The Hall–Kier alpha value is -0.150. The molecule has 2 heterocycles. The van der Waals surface area contributed by atoms with Gasteiger partial charge in [0.25, 0.3) is 0 Å². The minimum atomic E-state index is 0.298. The second-order valence-corrected chi connectivity index (χ2v) is 9.85. The lowest BCUT2D eigenvalue weighted by Crippen LogP contribution is -2.61. The van der Waals surface area contributed by atoms with Gasteiger partial charge in [-0.25, -0.2) is 0 Å². The zero-order chi connectivity index (χ0) is 15.2. The number of epoxide rings is 1. The van der Waals surface area contributed by atoms with Crippen LogP contribution in [0.25, 0.3) is 0 Å². The van der Waals surface area contributed by atoms with Gasteiger partial charge in [0.15, 0.2) is 0 Å². The van der Waals surface area contributed by atoms with Gasteiger partial charge in [-0.15, -0.1) is 0 Å². The SMILES string of the molecule is CC12CCC(=S)NC1CCC1C2CCC2(C)C1CCC21CO1. The molecule has 7 atom stereocenters. The van der Waals surface area contributed by atoms with E-state index in [9.17, 15) is 0 Å². The number of nitrogens with one attached hydrogen (secondary N) is 1. The Morgan fingerprint density at radius 1 is 1.05 bits per heavy atom. The van der Waals surface area contributed by atoms with E-state index in [-0.39, 0.29) is 0 Å². The summed E-state index contributed by atoms with van der Waals surface area (Å²) in [5.41, 5.74) is 1.26. The van der Waals surface area contributed by atoms with Crippen LogP contribution in [0.5, 0.6) is 0 Å². The molecule has 2 nitrogen and oxygen atoms in total. The summed E-state index contributed by atoms with van der Waals surface area (Å²) in [6.45, 7) is 6.19. The average molecular weight is 320 g/mol. The van der Waals surface area contributed by atoms with E-state index in [1.165, 1.54) is 44.9 Å². The van der Waals surface area contributed by atoms with Gasteiger partial charge in [0.2, 0.25) is 0 Å². The second-order valence-electron chi connectivity index (χ2n) is 9.36. The van der Waals surface area contributed by atoms with Gasteiger partial charge in [0.1, 0.15) is 0 Å². The van der Waals surface area contributed by atoms with Gasteiger partial charge in [-0.3, -0.25) is 0 Å². The molecule has 1 N–H and O–H groups in total. The second kappa shape index (κ2) is 4.27. The monoisotopic (exact) mass is 319 g/mol. The van der Waals surface area contributed by atoms with Gasteiger partial charge in [-0.1, -0.05) is 26.1 Å². The van der Waals surface area contributed by atoms with Crippen LogP contribution in [0.4, 0.5) is 0 Å². The lowest BCUT2D eigenvalue weighted by atomic mass is 9.47. The van der Waals surface area contributed by atoms with Crippen LogP contribution in [0.15, 0.2) is 0 Å². The molecule has 3 saturated carbocycles. The Bertz CT molecular complexity index is 530. The largest absolute Gasteiger partial charge is 0.376 e. The number of thiocarbonyl (C=S) groups is 1. The standard InChI is InChI=1S/C19H29NOS/c1-17-8-7-16(22)20-15(17)4-3-12-13(17)5-9-18(2)14(12)6-10-19(18)11-21-19/h12-15H,3-11H2,1-2H3,(H,20,22). The van der Waals surface area contributed by atoms with E-state index in [1.807, 2.05) is 0 Å². The summed E-state index contributed by atoms with van der Waals surface area (Å²) in [6, 6.07) is 0.645. The number of piperidine rings is 1. The van der Waals surface area contributed by atoms with Crippen molar-refractivity contribution in [1.29, 1.82) is 0 Å². The van der Waals surface area contributed by atoms with Crippen molar-refractivity contribution < 1.29 is 4.74 Å². The average Bonchev–Trinajstić information content (AvgIpc) is 3.22. The Kier molecular flexibility index (Phi) is 2.76. The predicted octanol–water partition coefficient (Wildman–Crippen LogP) is 4.08. The summed E-state index contributed by atoms with van der Waals surface area (Å²) in [5.74, 6) is 2.77. The molecule has 0 amide bonds. The zero-order valence-electron chi connectivity index (χ0n) is 14.0. The third-order valence-corrected chi connectivity index (χ3v) is 9.20. The van der Waals surface area contributed by atoms with Gasteiger partial charge in [-0.05, 0) is 74.5 Å². The van der Waals surface area contributed by atoms with Gasteiger partial charge in [-0.2, -0.15) is 0 Å². The van der Waals surface area contributed by atoms with E-state index in [2.05, 4.69) is 19.2 Å². The number of hydrogen-bond acceptors (Lipinski definition) is 2. The van der Waals surface area contributed by atoms with Gasteiger partial charge in [0.05, 0.1) is 17.2 Å². The fourth-order valence-corrected chi connectivity index (χ4v) is 7.60. The summed E-state index contributed by atoms with van der Waals surface area (Å²) in [6.07, 6.45) is 10.7. The highest BCUT2D eigenvalue weighted by Gasteiger charge is 2.69. The minimum Gasteiger partial charge on any atom is -0.376 e. The summed E-state index contributed by atoms with van der Waals surface area (Å²) < 4.78 is 6.03. The number of rotatable bonds is 0. The molecule has 0 aromatic carbocycles. The van der Waals surface area contributed by atoms with Crippen LogP contribution in [-0.2, 0) is 4.74 Å². The highest BCUT2D eigenvalue weighted by molar-refractivity contribution is 7.80. The molecule has 3 heteroatoms. The van der Waals surface area contributed by atoms with Crippen molar-refractivity contribution in [3.63, 3.8) is 0 Å². The first-order valence-corrected chi connectivity index (χ1v) is 9.83. The molecule has 22 heavy (non-hydrogen) atoms. The first-order chi connectivity index (χ1) is 10.5. The van der Waals surface area contributed by atoms with Crippen LogP contribution in [0.2, 0.25) is 0 Å². The molecule has 0 bridgehead atoms. The number of fused-ring (bicyclic) bond motifs is 6. The van der Waals surface area contributed by atoms with Gasteiger partial charge in [0, 0.05) is 11.5 Å². The van der Waals surface area contributed by atoms with Crippen molar-refractivity contribution in [2.45, 2.75) is 76.9 Å².